The maximum Gasteiger partial charge on any atom is 0.338 e. The van der Waals surface area contributed by atoms with Crippen LogP contribution in [0.1, 0.15) is 28.9 Å². The number of esters is 1. The monoisotopic (exact) mass is 245 g/mol. The van der Waals surface area contributed by atoms with E-state index in [1.807, 2.05) is 0 Å². The summed E-state index contributed by atoms with van der Waals surface area (Å²) in [5.41, 5.74) is 6.90. The molecule has 0 bridgehead atoms. The van der Waals surface area contributed by atoms with Gasteiger partial charge in [0.25, 0.3) is 0 Å². The Morgan fingerprint density at radius 1 is 1.44 bits per heavy atom. The van der Waals surface area contributed by atoms with Crippen LogP contribution >= 0.6 is 12.4 Å². The number of aliphatic hydroxyl groups excluding tert-OH is 1. The molecule has 0 saturated heterocycles. The van der Waals surface area contributed by atoms with Gasteiger partial charge in [0.1, 0.15) is 0 Å². The highest BCUT2D eigenvalue weighted by molar-refractivity contribution is 5.89. The third-order valence-electron chi connectivity index (χ3n) is 2.05. The fraction of sp³-hybridized carbons (Fsp3) is 0.364. The van der Waals surface area contributed by atoms with E-state index in [2.05, 4.69) is 0 Å². The fourth-order valence-electron chi connectivity index (χ4n) is 1.19. The molecular formula is C11H16ClNO3. The summed E-state index contributed by atoms with van der Waals surface area (Å²) in [6.45, 7) is 2.00. The Hall–Kier alpha value is -1.10. The van der Waals surface area contributed by atoms with E-state index in [1.54, 1.807) is 31.2 Å². The van der Waals surface area contributed by atoms with Crippen LogP contribution < -0.4 is 5.73 Å². The normalized spacial score (nSPS) is 11.4. The van der Waals surface area contributed by atoms with Crippen LogP contribution in [0, 0.1) is 0 Å². The maximum atomic E-state index is 11.3. The number of halogens is 1. The molecule has 0 unspecified atom stereocenters. The van der Waals surface area contributed by atoms with Crippen LogP contribution in [-0.2, 0) is 4.74 Å². The molecule has 4 nitrogen and oxygen atoms in total. The van der Waals surface area contributed by atoms with E-state index in [9.17, 15) is 4.79 Å². The Morgan fingerprint density at radius 2 is 2.00 bits per heavy atom. The van der Waals surface area contributed by atoms with Gasteiger partial charge >= 0.3 is 5.97 Å². The molecule has 0 fully saturated rings. The minimum absolute atomic E-state index is 0. The molecule has 1 rings (SSSR count). The molecule has 0 amide bonds. The molecule has 1 aromatic carbocycles. The van der Waals surface area contributed by atoms with E-state index in [-0.39, 0.29) is 25.0 Å². The lowest BCUT2D eigenvalue weighted by atomic mass is 10.1. The molecule has 16 heavy (non-hydrogen) atoms. The first-order valence-electron chi connectivity index (χ1n) is 4.82. The fourth-order valence-corrected chi connectivity index (χ4v) is 1.19. The van der Waals surface area contributed by atoms with Crippen LogP contribution in [-0.4, -0.2) is 24.3 Å². The number of benzene rings is 1. The van der Waals surface area contributed by atoms with Gasteiger partial charge in [-0.1, -0.05) is 12.1 Å². The molecule has 5 heteroatoms. The first-order valence-corrected chi connectivity index (χ1v) is 4.82. The average molecular weight is 246 g/mol. The van der Waals surface area contributed by atoms with E-state index in [1.165, 1.54) is 0 Å². The molecule has 0 aliphatic heterocycles. The third-order valence-corrected chi connectivity index (χ3v) is 2.05. The minimum atomic E-state index is -0.402. The highest BCUT2D eigenvalue weighted by Crippen LogP contribution is 2.11. The number of hydrogen-bond acceptors (Lipinski definition) is 4. The molecule has 0 heterocycles. The molecule has 0 radical (unpaired) electrons. The van der Waals surface area contributed by atoms with E-state index in [0.717, 1.165) is 5.56 Å². The Bertz CT molecular complexity index is 327. The van der Waals surface area contributed by atoms with E-state index in [4.69, 9.17) is 15.6 Å². The summed E-state index contributed by atoms with van der Waals surface area (Å²) in [6.07, 6.45) is 0. The summed E-state index contributed by atoms with van der Waals surface area (Å²) in [6, 6.07) is 6.31. The zero-order chi connectivity index (χ0) is 11.3. The number of ether oxygens (including phenoxy) is 1. The SMILES string of the molecule is CCOC(=O)c1ccc([C@@H](N)CO)cc1.Cl. The van der Waals surface area contributed by atoms with Crippen molar-refractivity contribution in [1.82, 2.24) is 0 Å². The predicted octanol–water partition coefficient (Wildman–Crippen LogP) is 1.28. The smallest absolute Gasteiger partial charge is 0.338 e. The number of carbonyl (C=O) groups excluding carboxylic acids is 1. The maximum absolute atomic E-state index is 11.3. The summed E-state index contributed by atoms with van der Waals surface area (Å²) in [5, 5.41) is 8.83. The quantitative estimate of drug-likeness (QED) is 0.784. The van der Waals surface area contributed by atoms with E-state index >= 15 is 0 Å². The number of nitrogens with two attached hydrogens (primary N) is 1. The lowest BCUT2D eigenvalue weighted by molar-refractivity contribution is 0.0526. The van der Waals surface area contributed by atoms with Gasteiger partial charge < -0.3 is 15.6 Å². The Kier molecular flexibility index (Phi) is 6.72. The first kappa shape index (κ1) is 14.9. The predicted molar refractivity (Wildman–Crippen MR) is 63.7 cm³/mol. The zero-order valence-electron chi connectivity index (χ0n) is 9.05. The lowest BCUT2D eigenvalue weighted by Crippen LogP contribution is -2.14. The highest BCUT2D eigenvalue weighted by atomic mass is 35.5. The molecule has 90 valence electrons. The van der Waals surface area contributed by atoms with E-state index in [0.29, 0.717) is 12.2 Å². The second-order valence-electron chi connectivity index (χ2n) is 3.13. The van der Waals surface area contributed by atoms with Gasteiger partial charge in [-0.2, -0.15) is 0 Å². The van der Waals surface area contributed by atoms with Gasteiger partial charge in [0, 0.05) is 0 Å². The minimum Gasteiger partial charge on any atom is -0.462 e. The number of aliphatic hydroxyl groups is 1. The molecule has 0 aliphatic rings. The van der Waals surface area contributed by atoms with Gasteiger partial charge in [-0.15, -0.1) is 12.4 Å². The van der Waals surface area contributed by atoms with Gasteiger partial charge in [-0.05, 0) is 24.6 Å². The number of carbonyl (C=O) groups is 1. The molecule has 1 atom stereocenters. The van der Waals surface area contributed by atoms with Crippen molar-refractivity contribution in [1.29, 1.82) is 0 Å². The van der Waals surface area contributed by atoms with Gasteiger partial charge in [0.2, 0.25) is 0 Å². The van der Waals surface area contributed by atoms with Gasteiger partial charge in [-0.3, -0.25) is 0 Å². The van der Waals surface area contributed by atoms with Crippen molar-refractivity contribution in [2.24, 2.45) is 5.73 Å². The van der Waals surface area contributed by atoms with Crippen molar-refractivity contribution in [3.63, 3.8) is 0 Å². The molecule has 1 aromatic rings. The van der Waals surface area contributed by atoms with Crippen LogP contribution in [0.4, 0.5) is 0 Å². The van der Waals surface area contributed by atoms with Crippen molar-refractivity contribution in [2.45, 2.75) is 13.0 Å². The van der Waals surface area contributed by atoms with Gasteiger partial charge in [0.05, 0.1) is 24.8 Å². The third kappa shape index (κ3) is 3.81. The van der Waals surface area contributed by atoms with Gasteiger partial charge in [-0.25, -0.2) is 4.79 Å². The number of hydrogen-bond donors (Lipinski definition) is 2. The Balaban J connectivity index is 0.00000225. The van der Waals surface area contributed by atoms with Crippen molar-refractivity contribution in [3.8, 4) is 0 Å². The van der Waals surface area contributed by atoms with Crippen LogP contribution in [0.25, 0.3) is 0 Å². The van der Waals surface area contributed by atoms with Crippen LogP contribution in [0.3, 0.4) is 0 Å². The molecule has 0 aromatic heterocycles. The molecule has 3 N–H and O–H groups in total. The summed E-state index contributed by atoms with van der Waals surface area (Å²) in [5.74, 6) is -0.346. The topological polar surface area (TPSA) is 72.5 Å². The van der Waals surface area contributed by atoms with Gasteiger partial charge in [0.15, 0.2) is 0 Å². The summed E-state index contributed by atoms with van der Waals surface area (Å²) in [7, 11) is 0. The van der Waals surface area contributed by atoms with Crippen molar-refractivity contribution in [3.05, 3.63) is 35.4 Å². The second-order valence-corrected chi connectivity index (χ2v) is 3.13. The standard InChI is InChI=1S/C11H15NO3.ClH/c1-2-15-11(14)9-5-3-8(4-6-9)10(12)7-13;/h3-6,10,13H,2,7,12H2,1H3;1H/t10-;/m0./s1. The summed E-state index contributed by atoms with van der Waals surface area (Å²) >= 11 is 0. The zero-order valence-corrected chi connectivity index (χ0v) is 9.87. The Labute approximate surface area is 101 Å². The van der Waals surface area contributed by atoms with Crippen molar-refractivity contribution >= 4 is 18.4 Å². The number of rotatable bonds is 4. The summed E-state index contributed by atoms with van der Waals surface area (Å²) in [4.78, 5) is 11.3. The van der Waals surface area contributed by atoms with Crippen LogP contribution in [0.2, 0.25) is 0 Å². The molecular weight excluding hydrogens is 230 g/mol. The largest absolute Gasteiger partial charge is 0.462 e. The molecule has 0 saturated carbocycles. The Morgan fingerprint density at radius 3 is 2.44 bits per heavy atom. The first-order chi connectivity index (χ1) is 7.19. The van der Waals surface area contributed by atoms with Crippen LogP contribution in [0.15, 0.2) is 24.3 Å². The van der Waals surface area contributed by atoms with E-state index < -0.39 is 6.04 Å². The van der Waals surface area contributed by atoms with Crippen molar-refractivity contribution in [2.75, 3.05) is 13.2 Å². The lowest BCUT2D eigenvalue weighted by Gasteiger charge is -2.08. The summed E-state index contributed by atoms with van der Waals surface area (Å²) < 4.78 is 4.84. The average Bonchev–Trinajstić information content (AvgIpc) is 2.28. The molecule has 0 spiro atoms. The molecule has 0 aliphatic carbocycles. The highest BCUT2D eigenvalue weighted by Gasteiger charge is 2.08. The second kappa shape index (κ2) is 7.22. The van der Waals surface area contributed by atoms with Crippen molar-refractivity contribution < 1.29 is 14.6 Å². The van der Waals surface area contributed by atoms with Crippen LogP contribution in [0.5, 0.6) is 0 Å².